The number of H-pyrrole nitrogens is 2. The van der Waals surface area contributed by atoms with Gasteiger partial charge in [0.05, 0.1) is 5.88 Å². The van der Waals surface area contributed by atoms with Gasteiger partial charge in [0.15, 0.2) is 0 Å². The van der Waals surface area contributed by atoms with Crippen LogP contribution in [0.25, 0.3) is 11.0 Å². The van der Waals surface area contributed by atoms with E-state index >= 15 is 0 Å². The Bertz CT molecular complexity index is 725. The smallest absolute Gasteiger partial charge is 0.0785 e. The van der Waals surface area contributed by atoms with Crippen LogP contribution in [0.5, 0.6) is 5.88 Å². The number of fused-ring (bicyclic) bond motifs is 1. The van der Waals surface area contributed by atoms with Gasteiger partial charge in [0.25, 0.3) is 0 Å². The van der Waals surface area contributed by atoms with Gasteiger partial charge < -0.3 is 20.4 Å². The number of aromatic hydroxyl groups is 1. The van der Waals surface area contributed by atoms with Crippen LogP contribution in [0.15, 0.2) is 16.8 Å². The fourth-order valence-corrected chi connectivity index (χ4v) is 2.59. The van der Waals surface area contributed by atoms with Crippen molar-refractivity contribution in [2.24, 2.45) is 0 Å². The number of hydrogen-bond acceptors (Lipinski definition) is 2. The van der Waals surface area contributed by atoms with Crippen molar-refractivity contribution in [2.45, 2.75) is 33.6 Å². The Hall–Kier alpha value is -0.775. The Morgan fingerprint density at radius 2 is 1.86 bits per heavy atom. The molecule has 2 radical (unpaired) electrons. The largest absolute Gasteiger partial charge is 0.512 e. The molecule has 1 aliphatic rings. The molecule has 0 saturated carbocycles. The van der Waals surface area contributed by atoms with E-state index in [0.717, 1.165) is 47.4 Å². The summed E-state index contributed by atoms with van der Waals surface area (Å²) in [5.41, 5.74) is 7.73. The molecule has 0 aromatic carbocycles. The molecule has 3 rings (SSSR count). The molecule has 2 aromatic heterocycles. The average molecular weight is 642 g/mol. The molecule has 0 fully saturated rings. The molecule has 0 spiro atoms. The number of rotatable bonds is 2. The van der Waals surface area contributed by atoms with Crippen LogP contribution < -0.4 is 5.32 Å². The molecule has 22 heavy (non-hydrogen) atoms. The SMILES string of the molecule is CC1=C(C)CCNC(Cc2[nH]c3[c-]c(O)[nH]c3c2C)=[C-]1.[Re].[Re]. The fraction of sp³-hybridized carbons (Fsp3) is 0.375. The quantitative estimate of drug-likeness (QED) is 0.382. The summed E-state index contributed by atoms with van der Waals surface area (Å²) in [6.45, 7) is 7.27. The normalized spacial score (nSPS) is 14.8. The third-order valence-corrected chi connectivity index (χ3v) is 4.01. The van der Waals surface area contributed by atoms with E-state index in [9.17, 15) is 5.11 Å². The van der Waals surface area contributed by atoms with Crippen molar-refractivity contribution >= 4 is 11.0 Å². The van der Waals surface area contributed by atoms with Crippen molar-refractivity contribution in [3.05, 3.63) is 40.2 Å². The maximum absolute atomic E-state index is 9.42. The van der Waals surface area contributed by atoms with Crippen LogP contribution in [0.4, 0.5) is 0 Å². The van der Waals surface area contributed by atoms with E-state index in [2.05, 4.69) is 41.3 Å². The first-order chi connectivity index (χ1) is 9.54. The Kier molecular flexibility index (Phi) is 6.72. The minimum Gasteiger partial charge on any atom is -0.512 e. The minimum absolute atomic E-state index is 0. The summed E-state index contributed by atoms with van der Waals surface area (Å²) in [5.74, 6) is 0.0775. The minimum atomic E-state index is 0. The number of aryl methyl sites for hydroxylation is 1. The van der Waals surface area contributed by atoms with Gasteiger partial charge >= 0.3 is 0 Å². The molecule has 3 heterocycles. The van der Waals surface area contributed by atoms with Gasteiger partial charge in [-0.05, 0) is 0 Å². The summed E-state index contributed by atoms with van der Waals surface area (Å²) >= 11 is 0. The molecule has 0 atom stereocenters. The first-order valence-electron chi connectivity index (χ1n) is 6.89. The molecular weight excluding hydrogens is 623 g/mol. The summed E-state index contributed by atoms with van der Waals surface area (Å²) in [6.07, 6.45) is 5.30. The van der Waals surface area contributed by atoms with Crippen molar-refractivity contribution in [3.8, 4) is 5.88 Å². The van der Waals surface area contributed by atoms with Crippen molar-refractivity contribution < 1.29 is 46.0 Å². The van der Waals surface area contributed by atoms with E-state index in [1.165, 1.54) is 11.1 Å². The summed E-state index contributed by atoms with van der Waals surface area (Å²) in [7, 11) is 0. The molecule has 0 saturated heterocycles. The van der Waals surface area contributed by atoms with E-state index in [1.54, 1.807) is 0 Å². The van der Waals surface area contributed by atoms with Crippen LogP contribution in [0.1, 0.15) is 31.5 Å². The number of aromatic amines is 2. The van der Waals surface area contributed by atoms with Crippen LogP contribution in [0.2, 0.25) is 0 Å². The molecular formula is C16H19N3ORe2-2. The Morgan fingerprint density at radius 1 is 1.14 bits per heavy atom. The van der Waals surface area contributed by atoms with E-state index in [4.69, 9.17) is 0 Å². The Morgan fingerprint density at radius 3 is 2.55 bits per heavy atom. The monoisotopic (exact) mass is 643 g/mol. The molecule has 2 aromatic rings. The van der Waals surface area contributed by atoms with Crippen molar-refractivity contribution in [1.29, 1.82) is 0 Å². The van der Waals surface area contributed by atoms with Crippen LogP contribution >= 0.6 is 0 Å². The first-order valence-corrected chi connectivity index (χ1v) is 6.89. The van der Waals surface area contributed by atoms with Crippen LogP contribution in [0.3, 0.4) is 0 Å². The van der Waals surface area contributed by atoms with Gasteiger partial charge in [-0.1, -0.05) is 37.0 Å². The molecule has 120 valence electrons. The predicted octanol–water partition coefficient (Wildman–Crippen LogP) is 2.86. The van der Waals surface area contributed by atoms with Gasteiger partial charge in [0.1, 0.15) is 0 Å². The zero-order valence-electron chi connectivity index (χ0n) is 12.8. The van der Waals surface area contributed by atoms with E-state index < -0.39 is 0 Å². The van der Waals surface area contributed by atoms with Crippen LogP contribution in [-0.2, 0) is 47.3 Å². The number of nitrogens with one attached hydrogen (secondary N) is 3. The summed E-state index contributed by atoms with van der Waals surface area (Å²) < 4.78 is 0. The van der Waals surface area contributed by atoms with E-state index in [0.29, 0.717) is 0 Å². The molecule has 1 aliphatic heterocycles. The Labute approximate surface area is 158 Å². The summed E-state index contributed by atoms with van der Waals surface area (Å²) in [5, 5.41) is 12.9. The topological polar surface area (TPSA) is 63.8 Å². The second-order valence-electron chi connectivity index (χ2n) is 5.44. The van der Waals surface area contributed by atoms with Gasteiger partial charge in [-0.25, -0.2) is 17.2 Å². The number of aromatic nitrogens is 2. The standard InChI is InChI=1S/C16H19N3O.2Re/c1-9-4-5-17-12(6-10(9)2)7-13-11(3)16-14(18-13)8-15(20)19-16;;/h17-20H,4-5,7H2,1-3H3;;/q-2;;. The third kappa shape index (κ3) is 3.76. The van der Waals surface area contributed by atoms with Crippen molar-refractivity contribution in [2.75, 3.05) is 6.54 Å². The van der Waals surface area contributed by atoms with Gasteiger partial charge in [0, 0.05) is 59.5 Å². The second-order valence-corrected chi connectivity index (χ2v) is 5.44. The summed E-state index contributed by atoms with van der Waals surface area (Å²) in [6, 6.07) is 2.87. The number of hydrogen-bond donors (Lipinski definition) is 4. The van der Waals surface area contributed by atoms with Gasteiger partial charge in [-0.15, -0.1) is 12.4 Å². The molecule has 0 aliphatic carbocycles. The van der Waals surface area contributed by atoms with Gasteiger partial charge in [0.2, 0.25) is 0 Å². The summed E-state index contributed by atoms with van der Waals surface area (Å²) in [4.78, 5) is 6.24. The van der Waals surface area contributed by atoms with E-state index in [1.807, 2.05) is 6.92 Å². The first kappa shape index (κ1) is 19.3. The fourth-order valence-electron chi connectivity index (χ4n) is 2.59. The molecule has 4 N–H and O–H groups in total. The molecule has 0 amide bonds. The third-order valence-electron chi connectivity index (χ3n) is 4.01. The predicted molar refractivity (Wildman–Crippen MR) is 79.3 cm³/mol. The molecule has 4 nitrogen and oxygen atoms in total. The second kappa shape index (κ2) is 7.67. The van der Waals surface area contributed by atoms with Crippen molar-refractivity contribution in [3.63, 3.8) is 0 Å². The maximum atomic E-state index is 9.42. The van der Waals surface area contributed by atoms with Gasteiger partial charge in [-0.3, -0.25) is 0 Å². The average Bonchev–Trinajstić information content (AvgIpc) is 2.82. The Balaban J connectivity index is 0.00000121. The maximum Gasteiger partial charge on any atom is 0.0785 e. The zero-order chi connectivity index (χ0) is 14.3. The van der Waals surface area contributed by atoms with Gasteiger partial charge in [-0.2, -0.15) is 6.07 Å². The molecule has 0 bridgehead atoms. The number of allylic oxidation sites excluding steroid dienone is 3. The molecule has 0 unspecified atom stereocenters. The van der Waals surface area contributed by atoms with Crippen molar-refractivity contribution in [1.82, 2.24) is 15.3 Å². The van der Waals surface area contributed by atoms with Crippen LogP contribution in [-0.4, -0.2) is 21.6 Å². The van der Waals surface area contributed by atoms with Crippen LogP contribution in [0, 0.1) is 19.1 Å². The zero-order valence-corrected chi connectivity index (χ0v) is 18.3. The molecule has 6 heteroatoms. The van der Waals surface area contributed by atoms with E-state index in [-0.39, 0.29) is 46.7 Å².